The molecular weight excluding hydrogens is 382 g/mol. The van der Waals surface area contributed by atoms with Crippen molar-refractivity contribution in [2.45, 2.75) is 37.2 Å². The van der Waals surface area contributed by atoms with Crippen molar-refractivity contribution in [3.8, 4) is 0 Å². The van der Waals surface area contributed by atoms with Crippen LogP contribution in [0.1, 0.15) is 47.5 Å². The molecule has 1 aromatic carbocycles. The quantitative estimate of drug-likeness (QED) is 0.792. The first kappa shape index (κ1) is 21.9. The molecule has 0 aliphatic heterocycles. The molecule has 2 N–H and O–H groups in total. The number of ether oxygens (including phenoxy) is 1. The largest absolute Gasteiger partial charge is 0.376 e. The SMILES string of the molecule is COC1(CNC(=O)c2c[nH]c(=O)n(C)c2=O)CCC(c2ccccc2)CC1.Cl. The highest BCUT2D eigenvalue weighted by Crippen LogP contribution is 2.39. The number of benzene rings is 1. The molecule has 28 heavy (non-hydrogen) atoms. The van der Waals surface area contributed by atoms with Gasteiger partial charge in [0.25, 0.3) is 11.5 Å². The van der Waals surface area contributed by atoms with Crippen LogP contribution in [0.3, 0.4) is 0 Å². The fourth-order valence-electron chi connectivity index (χ4n) is 3.72. The molecule has 1 saturated carbocycles. The molecule has 0 saturated heterocycles. The van der Waals surface area contributed by atoms with E-state index in [4.69, 9.17) is 4.74 Å². The molecule has 2 aromatic rings. The van der Waals surface area contributed by atoms with E-state index in [0.717, 1.165) is 36.4 Å². The Morgan fingerprint density at radius 3 is 2.50 bits per heavy atom. The predicted octanol–water partition coefficient (Wildman–Crippen LogP) is 1.97. The highest BCUT2D eigenvalue weighted by Gasteiger charge is 2.36. The first-order valence-electron chi connectivity index (χ1n) is 9.13. The molecule has 3 rings (SSSR count). The van der Waals surface area contributed by atoms with Crippen LogP contribution in [0, 0.1) is 0 Å². The van der Waals surface area contributed by atoms with E-state index in [1.807, 2.05) is 6.07 Å². The molecule has 8 heteroatoms. The summed E-state index contributed by atoms with van der Waals surface area (Å²) in [5, 5.41) is 2.80. The van der Waals surface area contributed by atoms with Gasteiger partial charge in [-0.05, 0) is 37.2 Å². The van der Waals surface area contributed by atoms with Crippen molar-refractivity contribution in [1.82, 2.24) is 14.9 Å². The number of carbonyl (C=O) groups is 1. The van der Waals surface area contributed by atoms with Gasteiger partial charge in [-0.25, -0.2) is 4.79 Å². The van der Waals surface area contributed by atoms with Crippen molar-refractivity contribution >= 4 is 18.3 Å². The van der Waals surface area contributed by atoms with Crippen molar-refractivity contribution in [3.05, 3.63) is 68.5 Å². The lowest BCUT2D eigenvalue weighted by atomic mass is 9.76. The van der Waals surface area contributed by atoms with Crippen LogP contribution in [-0.4, -0.2) is 34.7 Å². The maximum Gasteiger partial charge on any atom is 0.328 e. The second kappa shape index (κ2) is 9.21. The van der Waals surface area contributed by atoms with Crippen LogP contribution in [0.2, 0.25) is 0 Å². The van der Waals surface area contributed by atoms with Crippen LogP contribution >= 0.6 is 12.4 Å². The second-order valence-electron chi connectivity index (χ2n) is 7.13. The number of methoxy groups -OCH3 is 1. The molecule has 1 aromatic heterocycles. The zero-order valence-corrected chi connectivity index (χ0v) is 16.9. The van der Waals surface area contributed by atoms with Gasteiger partial charge in [0.05, 0.1) is 5.60 Å². The number of carbonyl (C=O) groups excluding carboxylic acids is 1. The minimum absolute atomic E-state index is 0. The zero-order valence-electron chi connectivity index (χ0n) is 16.1. The summed E-state index contributed by atoms with van der Waals surface area (Å²) in [5.74, 6) is -0.00914. The molecule has 1 amide bonds. The Hall–Kier alpha value is -2.38. The topological polar surface area (TPSA) is 93.2 Å². The molecule has 1 heterocycles. The summed E-state index contributed by atoms with van der Waals surface area (Å²) in [7, 11) is 2.99. The highest BCUT2D eigenvalue weighted by atomic mass is 35.5. The number of aromatic nitrogens is 2. The standard InChI is InChI=1S/C20H25N3O4.ClH/c1-23-18(25)16(12-21-19(23)26)17(24)22-13-20(27-2)10-8-15(9-11-20)14-6-4-3-5-7-14;/h3-7,12,15H,8-11,13H2,1-2H3,(H,21,26)(H,22,24);1H. The lowest BCUT2D eigenvalue weighted by Crippen LogP contribution is -2.48. The number of nitrogens with zero attached hydrogens (tertiary/aromatic N) is 1. The van der Waals surface area contributed by atoms with Gasteiger partial charge in [-0.2, -0.15) is 0 Å². The van der Waals surface area contributed by atoms with Gasteiger partial charge in [0.1, 0.15) is 5.56 Å². The molecule has 0 bridgehead atoms. The number of aromatic amines is 1. The van der Waals surface area contributed by atoms with Gasteiger partial charge in [-0.1, -0.05) is 30.3 Å². The minimum atomic E-state index is -0.615. The van der Waals surface area contributed by atoms with Gasteiger partial charge in [0, 0.05) is 26.9 Å². The van der Waals surface area contributed by atoms with E-state index in [0.29, 0.717) is 12.5 Å². The predicted molar refractivity (Wildman–Crippen MR) is 109 cm³/mol. The monoisotopic (exact) mass is 407 g/mol. The van der Waals surface area contributed by atoms with E-state index >= 15 is 0 Å². The summed E-state index contributed by atoms with van der Waals surface area (Å²) >= 11 is 0. The molecule has 0 unspecified atom stereocenters. The number of H-pyrrole nitrogens is 1. The number of hydrogen-bond donors (Lipinski definition) is 2. The van der Waals surface area contributed by atoms with E-state index < -0.39 is 22.8 Å². The number of hydrogen-bond acceptors (Lipinski definition) is 4. The van der Waals surface area contributed by atoms with Crippen LogP contribution in [0.4, 0.5) is 0 Å². The third-order valence-electron chi connectivity index (χ3n) is 5.60. The van der Waals surface area contributed by atoms with Gasteiger partial charge in [-0.15, -0.1) is 12.4 Å². The van der Waals surface area contributed by atoms with E-state index in [2.05, 4.69) is 34.6 Å². The smallest absolute Gasteiger partial charge is 0.328 e. The third-order valence-corrected chi connectivity index (χ3v) is 5.60. The lowest BCUT2D eigenvalue weighted by molar-refractivity contribution is -0.0400. The van der Waals surface area contributed by atoms with Crippen LogP contribution in [-0.2, 0) is 11.8 Å². The summed E-state index contributed by atoms with van der Waals surface area (Å²) in [6.45, 7) is 0.326. The summed E-state index contributed by atoms with van der Waals surface area (Å²) < 4.78 is 6.65. The van der Waals surface area contributed by atoms with Crippen LogP contribution in [0.25, 0.3) is 0 Å². The van der Waals surface area contributed by atoms with Gasteiger partial charge < -0.3 is 15.0 Å². The van der Waals surface area contributed by atoms with Crippen LogP contribution < -0.4 is 16.6 Å². The van der Waals surface area contributed by atoms with Crippen molar-refractivity contribution < 1.29 is 9.53 Å². The van der Waals surface area contributed by atoms with Crippen molar-refractivity contribution in [3.63, 3.8) is 0 Å². The Labute approximate surface area is 169 Å². The summed E-state index contributed by atoms with van der Waals surface area (Å²) in [6.07, 6.45) is 4.77. The molecule has 1 aliphatic carbocycles. The van der Waals surface area contributed by atoms with E-state index in [9.17, 15) is 14.4 Å². The van der Waals surface area contributed by atoms with Gasteiger partial charge in [0.15, 0.2) is 0 Å². The maximum absolute atomic E-state index is 12.4. The first-order valence-corrected chi connectivity index (χ1v) is 9.13. The first-order chi connectivity index (χ1) is 13.0. The molecule has 1 fully saturated rings. The fourth-order valence-corrected chi connectivity index (χ4v) is 3.72. The molecule has 0 atom stereocenters. The molecular formula is C20H26ClN3O4. The number of halogens is 1. The number of rotatable bonds is 5. The number of amides is 1. The zero-order chi connectivity index (χ0) is 19.4. The normalized spacial score (nSPS) is 21.6. The van der Waals surface area contributed by atoms with Crippen LogP contribution in [0.15, 0.2) is 46.1 Å². The Balaban J connectivity index is 0.00000280. The molecule has 1 aliphatic rings. The van der Waals surface area contributed by atoms with Crippen molar-refractivity contribution in [2.24, 2.45) is 7.05 Å². The lowest BCUT2D eigenvalue weighted by Gasteiger charge is -2.39. The maximum atomic E-state index is 12.4. The Morgan fingerprint density at radius 1 is 1.25 bits per heavy atom. The summed E-state index contributed by atoms with van der Waals surface area (Å²) in [4.78, 5) is 38.3. The summed E-state index contributed by atoms with van der Waals surface area (Å²) in [5.41, 5.74) is -0.349. The minimum Gasteiger partial charge on any atom is -0.376 e. The number of nitrogens with one attached hydrogen (secondary N) is 2. The fraction of sp³-hybridized carbons (Fsp3) is 0.450. The van der Waals surface area contributed by atoms with Crippen molar-refractivity contribution in [2.75, 3.05) is 13.7 Å². The Kier molecular flexibility index (Phi) is 7.21. The van der Waals surface area contributed by atoms with E-state index in [-0.39, 0.29) is 18.0 Å². The Morgan fingerprint density at radius 2 is 1.89 bits per heavy atom. The van der Waals surface area contributed by atoms with Gasteiger partial charge in [-0.3, -0.25) is 14.2 Å². The van der Waals surface area contributed by atoms with E-state index in [1.54, 1.807) is 7.11 Å². The molecule has 0 radical (unpaired) electrons. The molecule has 152 valence electrons. The van der Waals surface area contributed by atoms with Crippen LogP contribution in [0.5, 0.6) is 0 Å². The van der Waals surface area contributed by atoms with Gasteiger partial charge in [0.2, 0.25) is 0 Å². The third kappa shape index (κ3) is 4.54. The average Bonchev–Trinajstić information content (AvgIpc) is 2.71. The second-order valence-corrected chi connectivity index (χ2v) is 7.13. The Bertz CT molecular complexity index is 915. The summed E-state index contributed by atoms with van der Waals surface area (Å²) in [6, 6.07) is 10.4. The molecule has 7 nitrogen and oxygen atoms in total. The van der Waals surface area contributed by atoms with E-state index in [1.165, 1.54) is 12.6 Å². The highest BCUT2D eigenvalue weighted by molar-refractivity contribution is 5.93. The van der Waals surface area contributed by atoms with Crippen molar-refractivity contribution in [1.29, 1.82) is 0 Å². The van der Waals surface area contributed by atoms with Gasteiger partial charge >= 0.3 is 5.69 Å². The molecule has 0 spiro atoms. The average molecular weight is 408 g/mol.